The van der Waals surface area contributed by atoms with Gasteiger partial charge in [-0.3, -0.25) is 4.79 Å². The largest absolute Gasteiger partial charge is 0.503 e. The molecule has 4 nitrogen and oxygen atoms in total. The first-order valence-corrected chi connectivity index (χ1v) is 4.11. The molecule has 2 aromatic rings. The fourth-order valence-electron chi connectivity index (χ4n) is 1.35. The van der Waals surface area contributed by atoms with E-state index in [-0.39, 0.29) is 11.3 Å². The number of aromatic nitrogens is 1. The van der Waals surface area contributed by atoms with Gasteiger partial charge in [-0.15, -0.1) is 0 Å². The molecule has 0 bridgehead atoms. The Hall–Kier alpha value is -1.97. The molecule has 2 rings (SSSR count). The summed E-state index contributed by atoms with van der Waals surface area (Å²) in [6.45, 7) is 0. The van der Waals surface area contributed by atoms with Crippen LogP contribution in [-0.4, -0.2) is 17.2 Å². The highest BCUT2D eigenvalue weighted by atomic mass is 16.5. The minimum absolute atomic E-state index is 0.0392. The van der Waals surface area contributed by atoms with Crippen LogP contribution in [0.25, 0.3) is 10.9 Å². The van der Waals surface area contributed by atoms with Gasteiger partial charge in [0.05, 0.1) is 12.6 Å². The van der Waals surface area contributed by atoms with E-state index >= 15 is 0 Å². The molecule has 0 amide bonds. The highest BCUT2D eigenvalue weighted by Crippen LogP contribution is 2.31. The van der Waals surface area contributed by atoms with Crippen LogP contribution < -0.4 is 10.3 Å². The van der Waals surface area contributed by atoms with Gasteiger partial charge in [0, 0.05) is 11.5 Å². The third-order valence-corrected chi connectivity index (χ3v) is 2.06. The zero-order chi connectivity index (χ0) is 10.1. The van der Waals surface area contributed by atoms with Crippen LogP contribution in [-0.2, 0) is 0 Å². The lowest BCUT2D eigenvalue weighted by Crippen LogP contribution is -2.02. The van der Waals surface area contributed by atoms with Gasteiger partial charge in [0.15, 0.2) is 11.5 Å². The molecule has 0 atom stereocenters. The van der Waals surface area contributed by atoms with E-state index in [4.69, 9.17) is 4.74 Å². The third-order valence-electron chi connectivity index (χ3n) is 2.06. The van der Waals surface area contributed by atoms with Gasteiger partial charge in [0.1, 0.15) is 0 Å². The van der Waals surface area contributed by atoms with E-state index in [9.17, 15) is 9.90 Å². The van der Waals surface area contributed by atoms with Crippen LogP contribution in [0.5, 0.6) is 11.5 Å². The third kappa shape index (κ3) is 1.21. The summed E-state index contributed by atoms with van der Waals surface area (Å²) < 4.78 is 4.92. The minimum atomic E-state index is -0.249. The molecule has 0 spiro atoms. The number of hydrogen-bond acceptors (Lipinski definition) is 3. The Morgan fingerprint density at radius 1 is 1.29 bits per heavy atom. The first-order chi connectivity index (χ1) is 6.72. The van der Waals surface area contributed by atoms with Crippen LogP contribution in [0.15, 0.2) is 29.1 Å². The van der Waals surface area contributed by atoms with E-state index in [1.165, 1.54) is 13.2 Å². The Kier molecular flexibility index (Phi) is 1.89. The molecule has 0 aliphatic heterocycles. The Morgan fingerprint density at radius 2 is 2.00 bits per heavy atom. The predicted octanol–water partition coefficient (Wildman–Crippen LogP) is 1.24. The smallest absolute Gasteiger partial charge is 0.248 e. The average molecular weight is 191 g/mol. The number of phenols is 1. The molecular weight excluding hydrogens is 182 g/mol. The highest BCUT2D eigenvalue weighted by molar-refractivity contribution is 5.86. The van der Waals surface area contributed by atoms with Gasteiger partial charge in [0.25, 0.3) is 0 Å². The topological polar surface area (TPSA) is 62.3 Å². The van der Waals surface area contributed by atoms with E-state index in [1.54, 1.807) is 18.2 Å². The lowest BCUT2D eigenvalue weighted by molar-refractivity contribution is 0.376. The van der Waals surface area contributed by atoms with Crippen LogP contribution in [0, 0.1) is 0 Å². The van der Waals surface area contributed by atoms with Gasteiger partial charge in [-0.1, -0.05) is 0 Å². The van der Waals surface area contributed by atoms with Crippen LogP contribution in [0.3, 0.4) is 0 Å². The molecule has 0 unspecified atom stereocenters. The summed E-state index contributed by atoms with van der Waals surface area (Å²) in [5.41, 5.74) is 0.151. The van der Waals surface area contributed by atoms with Crippen LogP contribution in [0.2, 0.25) is 0 Å². The van der Waals surface area contributed by atoms with Gasteiger partial charge in [-0.05, 0) is 18.2 Å². The SMILES string of the molecule is COc1ccc2ccc(=O)[nH]c2c1O. The number of aromatic hydroxyl groups is 1. The van der Waals surface area contributed by atoms with E-state index < -0.39 is 0 Å². The zero-order valence-electron chi connectivity index (χ0n) is 7.57. The van der Waals surface area contributed by atoms with Crippen molar-refractivity contribution >= 4 is 10.9 Å². The maximum absolute atomic E-state index is 11.0. The molecule has 4 heteroatoms. The number of methoxy groups -OCH3 is 1. The summed E-state index contributed by atoms with van der Waals surface area (Å²) >= 11 is 0. The molecule has 14 heavy (non-hydrogen) atoms. The second kappa shape index (κ2) is 3.06. The molecule has 0 aliphatic carbocycles. The molecule has 0 fully saturated rings. The van der Waals surface area contributed by atoms with Gasteiger partial charge in [-0.2, -0.15) is 0 Å². The molecule has 72 valence electrons. The zero-order valence-corrected chi connectivity index (χ0v) is 7.57. The molecule has 1 aromatic carbocycles. The second-order valence-electron chi connectivity index (χ2n) is 2.90. The number of rotatable bonds is 1. The monoisotopic (exact) mass is 191 g/mol. The van der Waals surface area contributed by atoms with Crippen molar-refractivity contribution in [3.05, 3.63) is 34.6 Å². The Labute approximate surface area is 79.8 Å². The highest BCUT2D eigenvalue weighted by Gasteiger charge is 2.06. The molecule has 0 saturated carbocycles. The van der Waals surface area contributed by atoms with Crippen LogP contribution in [0.4, 0.5) is 0 Å². The first-order valence-electron chi connectivity index (χ1n) is 4.11. The number of phenolic OH excluding ortho intramolecular Hbond substituents is 1. The molecule has 1 aromatic heterocycles. The number of ether oxygens (including phenoxy) is 1. The quantitative estimate of drug-likeness (QED) is 0.712. The lowest BCUT2D eigenvalue weighted by atomic mass is 10.2. The standard InChI is InChI=1S/C10H9NO3/c1-14-7-4-2-6-3-5-8(12)11-9(6)10(7)13/h2-5,13H,1H3,(H,11,12). The van der Waals surface area contributed by atoms with Crippen molar-refractivity contribution in [2.75, 3.05) is 7.11 Å². The fraction of sp³-hybridized carbons (Fsp3) is 0.100. The Morgan fingerprint density at radius 3 is 2.71 bits per heavy atom. The molecule has 0 aliphatic rings. The molecule has 0 radical (unpaired) electrons. The van der Waals surface area contributed by atoms with Gasteiger partial charge in [-0.25, -0.2) is 0 Å². The summed E-state index contributed by atoms with van der Waals surface area (Å²) in [4.78, 5) is 13.6. The second-order valence-corrected chi connectivity index (χ2v) is 2.90. The average Bonchev–Trinajstić information content (AvgIpc) is 2.20. The number of nitrogens with one attached hydrogen (secondary N) is 1. The number of hydrogen-bond donors (Lipinski definition) is 2. The van der Waals surface area contributed by atoms with Gasteiger partial charge in [0.2, 0.25) is 5.56 Å². The molecular formula is C10H9NO3. The van der Waals surface area contributed by atoms with E-state index in [2.05, 4.69) is 4.98 Å². The number of aromatic amines is 1. The Balaban J connectivity index is 2.86. The maximum atomic E-state index is 11.0. The summed E-state index contributed by atoms with van der Waals surface area (Å²) in [6.07, 6.45) is 0. The summed E-state index contributed by atoms with van der Waals surface area (Å²) in [5.74, 6) is 0.307. The van der Waals surface area contributed by atoms with Crippen LogP contribution >= 0.6 is 0 Å². The van der Waals surface area contributed by atoms with Gasteiger partial charge >= 0.3 is 0 Å². The van der Waals surface area contributed by atoms with E-state index in [0.29, 0.717) is 11.3 Å². The van der Waals surface area contributed by atoms with Crippen molar-refractivity contribution in [3.63, 3.8) is 0 Å². The van der Waals surface area contributed by atoms with Crippen molar-refractivity contribution in [1.82, 2.24) is 4.98 Å². The molecule has 2 N–H and O–H groups in total. The van der Waals surface area contributed by atoms with Crippen molar-refractivity contribution < 1.29 is 9.84 Å². The van der Waals surface area contributed by atoms with Crippen molar-refractivity contribution in [1.29, 1.82) is 0 Å². The lowest BCUT2D eigenvalue weighted by Gasteiger charge is -2.05. The van der Waals surface area contributed by atoms with Crippen molar-refractivity contribution in [3.8, 4) is 11.5 Å². The number of benzene rings is 1. The maximum Gasteiger partial charge on any atom is 0.248 e. The summed E-state index contributed by atoms with van der Waals surface area (Å²) in [6, 6.07) is 6.47. The first kappa shape index (κ1) is 8.62. The number of pyridine rings is 1. The van der Waals surface area contributed by atoms with E-state index in [1.807, 2.05) is 0 Å². The van der Waals surface area contributed by atoms with Crippen LogP contribution in [0.1, 0.15) is 0 Å². The molecule has 1 heterocycles. The van der Waals surface area contributed by atoms with Crippen molar-refractivity contribution in [2.24, 2.45) is 0 Å². The summed E-state index contributed by atoms with van der Waals surface area (Å²) in [5, 5.41) is 10.4. The van der Waals surface area contributed by atoms with E-state index in [0.717, 1.165) is 5.39 Å². The fourth-order valence-corrected chi connectivity index (χ4v) is 1.35. The predicted molar refractivity (Wildman–Crippen MR) is 52.8 cm³/mol. The van der Waals surface area contributed by atoms with Gasteiger partial charge < -0.3 is 14.8 Å². The number of fused-ring (bicyclic) bond motifs is 1. The normalized spacial score (nSPS) is 10.4. The Bertz CT molecular complexity index is 530. The minimum Gasteiger partial charge on any atom is -0.503 e. The summed E-state index contributed by atoms with van der Waals surface area (Å²) in [7, 11) is 1.46. The number of H-pyrrole nitrogens is 1. The van der Waals surface area contributed by atoms with Crippen molar-refractivity contribution in [2.45, 2.75) is 0 Å². The molecule has 0 saturated heterocycles.